The predicted molar refractivity (Wildman–Crippen MR) is 95.2 cm³/mol. The Kier molecular flexibility index (Phi) is 3.45. The number of hydrogen-bond acceptors (Lipinski definition) is 4. The fourth-order valence-corrected chi connectivity index (χ4v) is 3.94. The third-order valence-corrected chi connectivity index (χ3v) is 5.25. The van der Waals surface area contributed by atoms with Gasteiger partial charge in [0.05, 0.1) is 6.20 Å². The largest absolute Gasteiger partial charge is 0.366 e. The molecule has 2 aromatic heterocycles. The van der Waals surface area contributed by atoms with Crippen LogP contribution in [0.4, 0.5) is 10.2 Å². The molecule has 2 aliphatic rings. The van der Waals surface area contributed by atoms with Crippen molar-refractivity contribution in [2.24, 2.45) is 0 Å². The maximum Gasteiger partial charge on any atom is 0.165 e. The monoisotopic (exact) mass is 337 g/mol. The first-order valence-electron chi connectivity index (χ1n) is 8.88. The van der Waals surface area contributed by atoms with Crippen LogP contribution < -0.4 is 5.32 Å². The van der Waals surface area contributed by atoms with Gasteiger partial charge >= 0.3 is 0 Å². The minimum atomic E-state index is -0.227. The number of aryl methyl sites for hydroxylation is 1. The van der Waals surface area contributed by atoms with Crippen LogP contribution in [0.25, 0.3) is 16.8 Å². The summed E-state index contributed by atoms with van der Waals surface area (Å²) in [4.78, 5) is 7.22. The number of aromatic nitrogens is 3. The highest BCUT2D eigenvalue weighted by Gasteiger charge is 2.23. The summed E-state index contributed by atoms with van der Waals surface area (Å²) in [6, 6.07) is 7.76. The highest BCUT2D eigenvalue weighted by molar-refractivity contribution is 5.78. The molecule has 0 saturated carbocycles. The van der Waals surface area contributed by atoms with Gasteiger partial charge in [0.1, 0.15) is 11.6 Å². The van der Waals surface area contributed by atoms with E-state index in [4.69, 9.17) is 4.98 Å². The SMILES string of the molecule is Fc1ccc2cc1-c1cnn3ccc(nc13)NC1CCN(CCC2)C1. The third kappa shape index (κ3) is 2.66. The van der Waals surface area contributed by atoms with E-state index in [1.165, 1.54) is 0 Å². The summed E-state index contributed by atoms with van der Waals surface area (Å²) in [5, 5.41) is 7.88. The summed E-state index contributed by atoms with van der Waals surface area (Å²) in [5.74, 6) is 0.601. The van der Waals surface area contributed by atoms with Gasteiger partial charge in [0, 0.05) is 36.5 Å². The lowest BCUT2D eigenvalue weighted by Crippen LogP contribution is -2.27. The fraction of sp³-hybridized carbons (Fsp3) is 0.368. The normalized spacial score (nSPS) is 22.8. The average molecular weight is 337 g/mol. The molecule has 1 saturated heterocycles. The van der Waals surface area contributed by atoms with Crippen molar-refractivity contribution in [3.8, 4) is 11.1 Å². The number of fused-ring (bicyclic) bond motifs is 6. The highest BCUT2D eigenvalue weighted by Crippen LogP contribution is 2.29. The Bertz CT molecular complexity index is 935. The Morgan fingerprint density at radius 3 is 3.08 bits per heavy atom. The number of hydrogen-bond donors (Lipinski definition) is 1. The summed E-state index contributed by atoms with van der Waals surface area (Å²) in [6.07, 6.45) is 6.76. The third-order valence-electron chi connectivity index (χ3n) is 5.25. The number of nitrogens with zero attached hydrogens (tertiary/aromatic N) is 4. The standard InChI is InChI=1S/C19H20FN5/c20-17-4-3-13-2-1-7-24-8-5-14(12-24)22-18-6-9-25-19(23-18)16(11-21-25)15(17)10-13/h3-4,6,9-11,14H,1-2,5,7-8,12H2,(H,22,23). The maximum absolute atomic E-state index is 14.5. The molecule has 3 aromatic rings. The molecular formula is C19H20FN5. The molecular weight excluding hydrogens is 317 g/mol. The van der Waals surface area contributed by atoms with Gasteiger partial charge in [0.2, 0.25) is 0 Å². The zero-order valence-corrected chi connectivity index (χ0v) is 14.0. The number of halogens is 1. The minimum absolute atomic E-state index is 0.227. The second-order valence-electron chi connectivity index (χ2n) is 6.99. The second-order valence-corrected chi connectivity index (χ2v) is 6.99. The van der Waals surface area contributed by atoms with Gasteiger partial charge in [-0.15, -0.1) is 0 Å². The van der Waals surface area contributed by atoms with E-state index in [1.807, 2.05) is 24.4 Å². The molecule has 128 valence electrons. The molecule has 5 rings (SSSR count). The minimum Gasteiger partial charge on any atom is -0.366 e. The van der Waals surface area contributed by atoms with Crippen molar-refractivity contribution in [3.63, 3.8) is 0 Å². The smallest absolute Gasteiger partial charge is 0.165 e. The van der Waals surface area contributed by atoms with Crippen LogP contribution in [0, 0.1) is 5.82 Å². The zero-order chi connectivity index (χ0) is 16.8. The summed E-state index contributed by atoms with van der Waals surface area (Å²) >= 11 is 0. The van der Waals surface area contributed by atoms with E-state index >= 15 is 0 Å². The molecule has 2 unspecified atom stereocenters. The Hall–Kier alpha value is -2.47. The molecule has 0 amide bonds. The molecule has 2 atom stereocenters. The van der Waals surface area contributed by atoms with Gasteiger partial charge in [-0.05, 0) is 49.6 Å². The molecule has 0 radical (unpaired) electrons. The van der Waals surface area contributed by atoms with Gasteiger partial charge in [-0.25, -0.2) is 13.9 Å². The van der Waals surface area contributed by atoms with Gasteiger partial charge in [0.25, 0.3) is 0 Å². The topological polar surface area (TPSA) is 45.5 Å². The summed E-state index contributed by atoms with van der Waals surface area (Å²) in [7, 11) is 0. The van der Waals surface area contributed by atoms with Gasteiger partial charge in [-0.3, -0.25) is 0 Å². The van der Waals surface area contributed by atoms with E-state index in [0.717, 1.165) is 55.8 Å². The molecule has 0 aliphatic carbocycles. The van der Waals surface area contributed by atoms with Crippen molar-refractivity contribution in [2.75, 3.05) is 25.0 Å². The van der Waals surface area contributed by atoms with Crippen LogP contribution in [0.1, 0.15) is 18.4 Å². The molecule has 6 heteroatoms. The maximum atomic E-state index is 14.5. The van der Waals surface area contributed by atoms with Crippen molar-refractivity contribution < 1.29 is 4.39 Å². The van der Waals surface area contributed by atoms with Crippen LogP contribution in [0.15, 0.2) is 36.7 Å². The van der Waals surface area contributed by atoms with Crippen molar-refractivity contribution in [1.29, 1.82) is 0 Å². The predicted octanol–water partition coefficient (Wildman–Crippen LogP) is 2.97. The lowest BCUT2D eigenvalue weighted by Gasteiger charge is -2.17. The highest BCUT2D eigenvalue weighted by atomic mass is 19.1. The molecule has 6 bridgehead atoms. The van der Waals surface area contributed by atoms with Crippen LogP contribution in [-0.4, -0.2) is 45.2 Å². The number of rotatable bonds is 0. The summed E-state index contributed by atoms with van der Waals surface area (Å²) < 4.78 is 16.2. The lowest BCUT2D eigenvalue weighted by molar-refractivity contribution is 0.331. The molecule has 4 heterocycles. The average Bonchev–Trinajstić information content (AvgIpc) is 3.23. The number of nitrogens with one attached hydrogen (secondary N) is 1. The van der Waals surface area contributed by atoms with Gasteiger partial charge in [0.15, 0.2) is 5.65 Å². The van der Waals surface area contributed by atoms with Crippen molar-refractivity contribution in [1.82, 2.24) is 19.5 Å². The van der Waals surface area contributed by atoms with E-state index in [2.05, 4.69) is 15.3 Å². The molecule has 0 spiro atoms. The van der Waals surface area contributed by atoms with Crippen molar-refractivity contribution in [3.05, 3.63) is 48.0 Å². The quantitative estimate of drug-likeness (QED) is 0.685. The van der Waals surface area contributed by atoms with Gasteiger partial charge in [-0.2, -0.15) is 5.10 Å². The Labute approximate surface area is 145 Å². The van der Waals surface area contributed by atoms with E-state index in [0.29, 0.717) is 17.3 Å². The molecule has 1 aromatic carbocycles. The Morgan fingerprint density at radius 1 is 1.16 bits per heavy atom. The van der Waals surface area contributed by atoms with Crippen LogP contribution in [0.5, 0.6) is 0 Å². The Morgan fingerprint density at radius 2 is 2.12 bits per heavy atom. The van der Waals surface area contributed by atoms with Crippen molar-refractivity contribution in [2.45, 2.75) is 25.3 Å². The molecule has 5 nitrogen and oxygen atoms in total. The first-order chi connectivity index (χ1) is 12.3. The van der Waals surface area contributed by atoms with E-state index in [1.54, 1.807) is 16.8 Å². The van der Waals surface area contributed by atoms with Crippen LogP contribution >= 0.6 is 0 Å². The van der Waals surface area contributed by atoms with Gasteiger partial charge in [-0.1, -0.05) is 6.07 Å². The van der Waals surface area contributed by atoms with E-state index < -0.39 is 0 Å². The number of benzene rings is 1. The lowest BCUT2D eigenvalue weighted by atomic mass is 10.0. The molecule has 2 aliphatic heterocycles. The molecule has 1 N–H and O–H groups in total. The summed E-state index contributed by atoms with van der Waals surface area (Å²) in [5.41, 5.74) is 3.18. The van der Waals surface area contributed by atoms with E-state index in [-0.39, 0.29) is 5.82 Å². The van der Waals surface area contributed by atoms with Crippen molar-refractivity contribution >= 4 is 11.5 Å². The first-order valence-corrected chi connectivity index (χ1v) is 8.88. The first kappa shape index (κ1) is 14.8. The molecule has 25 heavy (non-hydrogen) atoms. The van der Waals surface area contributed by atoms with Crippen LogP contribution in [0.2, 0.25) is 0 Å². The van der Waals surface area contributed by atoms with Crippen LogP contribution in [-0.2, 0) is 6.42 Å². The Balaban J connectivity index is 1.67. The van der Waals surface area contributed by atoms with E-state index in [9.17, 15) is 4.39 Å². The zero-order valence-electron chi connectivity index (χ0n) is 14.0. The number of anilines is 1. The second kappa shape index (κ2) is 5.81. The van der Waals surface area contributed by atoms with Crippen LogP contribution in [0.3, 0.4) is 0 Å². The fourth-order valence-electron chi connectivity index (χ4n) is 3.94. The van der Waals surface area contributed by atoms with Gasteiger partial charge < -0.3 is 10.2 Å². The summed E-state index contributed by atoms with van der Waals surface area (Å²) in [6.45, 7) is 3.25. The molecule has 1 fully saturated rings.